The summed E-state index contributed by atoms with van der Waals surface area (Å²) in [6, 6.07) is 3.45. The zero-order chi connectivity index (χ0) is 11.4. The minimum absolute atomic E-state index is 0.372. The molecule has 0 fully saturated rings. The summed E-state index contributed by atoms with van der Waals surface area (Å²) in [6.07, 6.45) is 1.43. The molecule has 2 N–H and O–H groups in total. The summed E-state index contributed by atoms with van der Waals surface area (Å²) in [5.74, 6) is 0.372. The molecule has 0 radical (unpaired) electrons. The average molecular weight is 228 g/mol. The highest BCUT2D eigenvalue weighted by molar-refractivity contribution is 7.74. The van der Waals surface area contributed by atoms with Crippen LogP contribution in [-0.2, 0) is 24.2 Å². The molecule has 0 aliphatic carbocycles. The first-order valence-corrected chi connectivity index (χ1v) is 5.77. The molecular formula is C10H14NO3S-. The Bertz CT molecular complexity index is 379. The number of hydrogen-bond acceptors (Lipinski definition) is 4. The van der Waals surface area contributed by atoms with Crippen LogP contribution in [0.4, 0.5) is 5.69 Å². The van der Waals surface area contributed by atoms with Crippen LogP contribution >= 0.6 is 0 Å². The topological polar surface area (TPSA) is 75.4 Å². The lowest BCUT2D eigenvalue weighted by Crippen LogP contribution is -2.03. The lowest BCUT2D eigenvalue weighted by molar-refractivity contribution is 0.438. The van der Waals surface area contributed by atoms with Gasteiger partial charge in [0.25, 0.3) is 0 Å². The van der Waals surface area contributed by atoms with E-state index >= 15 is 0 Å². The van der Waals surface area contributed by atoms with E-state index in [1.807, 2.05) is 13.8 Å². The molecule has 84 valence electrons. The Morgan fingerprint density at radius 3 is 2.40 bits per heavy atom. The SMILES string of the molecule is CCc1cc(OS(=O)[O-])c(CC)cc1N. The van der Waals surface area contributed by atoms with Gasteiger partial charge in [-0.3, -0.25) is 0 Å². The normalized spacial score (nSPS) is 12.5. The molecule has 0 heterocycles. The van der Waals surface area contributed by atoms with E-state index < -0.39 is 11.4 Å². The second-order valence-electron chi connectivity index (χ2n) is 3.15. The van der Waals surface area contributed by atoms with Crippen molar-refractivity contribution in [1.29, 1.82) is 0 Å². The minimum Gasteiger partial charge on any atom is -0.740 e. The maximum Gasteiger partial charge on any atom is 0.142 e. The van der Waals surface area contributed by atoms with Gasteiger partial charge in [-0.2, -0.15) is 0 Å². The van der Waals surface area contributed by atoms with E-state index in [-0.39, 0.29) is 0 Å². The Balaban J connectivity index is 3.16. The average Bonchev–Trinajstić information content (AvgIpc) is 2.19. The molecule has 0 amide bonds. The van der Waals surface area contributed by atoms with Crippen molar-refractivity contribution in [1.82, 2.24) is 0 Å². The zero-order valence-corrected chi connectivity index (χ0v) is 9.60. The van der Waals surface area contributed by atoms with Gasteiger partial charge in [0.1, 0.15) is 17.1 Å². The minimum atomic E-state index is -2.54. The number of aryl methyl sites for hydroxylation is 2. The highest BCUT2D eigenvalue weighted by Gasteiger charge is 2.07. The van der Waals surface area contributed by atoms with Gasteiger partial charge >= 0.3 is 0 Å². The van der Waals surface area contributed by atoms with Crippen molar-refractivity contribution in [3.63, 3.8) is 0 Å². The third kappa shape index (κ3) is 2.94. The number of hydrogen-bond donors (Lipinski definition) is 1. The summed E-state index contributed by atoms with van der Waals surface area (Å²) in [7, 11) is 0. The first-order chi connectivity index (χ1) is 7.08. The molecule has 0 spiro atoms. The highest BCUT2D eigenvalue weighted by Crippen LogP contribution is 2.26. The predicted octanol–water partition coefficient (Wildman–Crippen LogP) is 1.57. The van der Waals surface area contributed by atoms with Crippen LogP contribution in [0.1, 0.15) is 25.0 Å². The van der Waals surface area contributed by atoms with Crippen LogP contribution in [0.3, 0.4) is 0 Å². The van der Waals surface area contributed by atoms with Crippen LogP contribution in [0.5, 0.6) is 5.75 Å². The molecule has 1 unspecified atom stereocenters. The largest absolute Gasteiger partial charge is 0.740 e. The van der Waals surface area contributed by atoms with E-state index in [1.165, 1.54) is 0 Å². The maximum atomic E-state index is 10.5. The lowest BCUT2D eigenvalue weighted by atomic mass is 10.0. The molecule has 1 atom stereocenters. The number of benzene rings is 1. The second kappa shape index (κ2) is 5.14. The van der Waals surface area contributed by atoms with E-state index in [0.717, 1.165) is 17.5 Å². The van der Waals surface area contributed by atoms with Gasteiger partial charge in [-0.25, -0.2) is 4.21 Å². The molecule has 1 aromatic carbocycles. The molecule has 0 bridgehead atoms. The Morgan fingerprint density at radius 2 is 1.93 bits per heavy atom. The van der Waals surface area contributed by atoms with Crippen LogP contribution in [-0.4, -0.2) is 8.76 Å². The van der Waals surface area contributed by atoms with Crippen LogP contribution in [0, 0.1) is 0 Å². The Morgan fingerprint density at radius 1 is 1.33 bits per heavy atom. The molecule has 4 nitrogen and oxygen atoms in total. The van der Waals surface area contributed by atoms with Crippen LogP contribution < -0.4 is 9.92 Å². The Kier molecular flexibility index (Phi) is 4.11. The third-order valence-corrected chi connectivity index (χ3v) is 2.56. The number of nitrogen functional groups attached to an aromatic ring is 1. The second-order valence-corrected chi connectivity index (χ2v) is 3.73. The molecule has 1 rings (SSSR count). The molecule has 0 aliphatic rings. The molecule has 0 saturated heterocycles. The van der Waals surface area contributed by atoms with Crippen LogP contribution in [0.2, 0.25) is 0 Å². The number of rotatable bonds is 4. The molecule has 5 heteroatoms. The van der Waals surface area contributed by atoms with Crippen molar-refractivity contribution >= 4 is 17.0 Å². The summed E-state index contributed by atoms with van der Waals surface area (Å²) in [5, 5.41) is 0. The van der Waals surface area contributed by atoms with E-state index in [2.05, 4.69) is 0 Å². The van der Waals surface area contributed by atoms with E-state index in [9.17, 15) is 8.76 Å². The molecule has 0 aliphatic heterocycles. The fourth-order valence-corrected chi connectivity index (χ4v) is 1.72. The monoisotopic (exact) mass is 228 g/mol. The molecule has 1 aromatic rings. The summed E-state index contributed by atoms with van der Waals surface area (Å²) in [5.41, 5.74) is 8.17. The molecule has 0 aromatic heterocycles. The van der Waals surface area contributed by atoms with Crippen LogP contribution in [0.25, 0.3) is 0 Å². The van der Waals surface area contributed by atoms with Crippen molar-refractivity contribution < 1.29 is 12.9 Å². The predicted molar refractivity (Wildman–Crippen MR) is 59.2 cm³/mol. The quantitative estimate of drug-likeness (QED) is 0.627. The first kappa shape index (κ1) is 12.0. The summed E-state index contributed by atoms with van der Waals surface area (Å²) >= 11 is -2.54. The van der Waals surface area contributed by atoms with Crippen molar-refractivity contribution in [2.75, 3.05) is 5.73 Å². The fourth-order valence-electron chi connectivity index (χ4n) is 1.42. The zero-order valence-electron chi connectivity index (χ0n) is 8.78. The lowest BCUT2D eigenvalue weighted by Gasteiger charge is -2.14. The summed E-state index contributed by atoms with van der Waals surface area (Å²) in [6.45, 7) is 3.87. The van der Waals surface area contributed by atoms with Gasteiger partial charge in [0.15, 0.2) is 0 Å². The molecular weight excluding hydrogens is 214 g/mol. The van der Waals surface area contributed by atoms with E-state index in [0.29, 0.717) is 17.9 Å². The van der Waals surface area contributed by atoms with Gasteiger partial charge in [0, 0.05) is 5.69 Å². The first-order valence-electron chi connectivity index (χ1n) is 4.77. The van der Waals surface area contributed by atoms with Gasteiger partial charge in [-0.1, -0.05) is 13.8 Å². The number of nitrogens with two attached hydrogens (primary N) is 1. The van der Waals surface area contributed by atoms with Gasteiger partial charge in [-0.05, 0) is 36.1 Å². The van der Waals surface area contributed by atoms with E-state index in [1.54, 1.807) is 12.1 Å². The molecule has 0 saturated carbocycles. The summed E-state index contributed by atoms with van der Waals surface area (Å²) < 4.78 is 25.6. The third-order valence-electron chi connectivity index (χ3n) is 2.24. The number of anilines is 1. The maximum absolute atomic E-state index is 10.5. The van der Waals surface area contributed by atoms with Gasteiger partial charge < -0.3 is 14.5 Å². The Labute approximate surface area is 91.9 Å². The van der Waals surface area contributed by atoms with E-state index in [4.69, 9.17) is 9.92 Å². The Hall–Kier alpha value is -1.07. The standard InChI is InChI=1S/C10H15NO3S/c1-3-7-6-10(14-15(12)13)8(4-2)5-9(7)11/h5-6H,3-4,11H2,1-2H3,(H,12,13)/p-1. The smallest absolute Gasteiger partial charge is 0.142 e. The molecule has 15 heavy (non-hydrogen) atoms. The van der Waals surface area contributed by atoms with Crippen molar-refractivity contribution in [2.45, 2.75) is 26.7 Å². The van der Waals surface area contributed by atoms with Gasteiger partial charge in [0.2, 0.25) is 0 Å². The van der Waals surface area contributed by atoms with Gasteiger partial charge in [0.05, 0.1) is 0 Å². The summed E-state index contributed by atoms with van der Waals surface area (Å²) in [4.78, 5) is 0. The van der Waals surface area contributed by atoms with Crippen LogP contribution in [0.15, 0.2) is 12.1 Å². The van der Waals surface area contributed by atoms with Crippen molar-refractivity contribution in [2.24, 2.45) is 0 Å². The van der Waals surface area contributed by atoms with Gasteiger partial charge in [-0.15, -0.1) is 0 Å². The fraction of sp³-hybridized carbons (Fsp3) is 0.400. The van der Waals surface area contributed by atoms with Crippen molar-refractivity contribution in [3.8, 4) is 5.75 Å². The van der Waals surface area contributed by atoms with Crippen molar-refractivity contribution in [3.05, 3.63) is 23.3 Å². The highest BCUT2D eigenvalue weighted by atomic mass is 32.2.